The highest BCUT2D eigenvalue weighted by Gasteiger charge is 2.30. The summed E-state index contributed by atoms with van der Waals surface area (Å²) in [6.07, 6.45) is 0.170. The molecule has 1 aliphatic rings. The molecular weight excluding hydrogens is 216 g/mol. The number of benzene rings is 1. The number of hydrogen-bond donors (Lipinski definition) is 2. The first kappa shape index (κ1) is 11.9. The molecule has 1 aromatic carbocycles. The molecule has 0 radical (unpaired) electrons. The zero-order valence-electron chi connectivity index (χ0n) is 9.97. The largest absolute Gasteiger partial charge is 0.481 e. The molecule has 0 spiro atoms. The van der Waals surface area contributed by atoms with Crippen LogP contribution in [-0.2, 0) is 4.79 Å². The molecule has 1 saturated heterocycles. The van der Waals surface area contributed by atoms with Gasteiger partial charge in [-0.2, -0.15) is 0 Å². The van der Waals surface area contributed by atoms with Crippen LogP contribution in [0.4, 0.5) is 5.69 Å². The van der Waals surface area contributed by atoms with Crippen LogP contribution in [-0.4, -0.2) is 36.2 Å². The molecule has 0 saturated carbocycles. The van der Waals surface area contributed by atoms with Crippen LogP contribution in [0.5, 0.6) is 0 Å². The van der Waals surface area contributed by atoms with Crippen LogP contribution in [0.2, 0.25) is 0 Å². The molecule has 2 atom stereocenters. The monoisotopic (exact) mass is 234 g/mol. The van der Waals surface area contributed by atoms with Crippen molar-refractivity contribution in [2.45, 2.75) is 25.4 Å². The number of piperazine rings is 1. The van der Waals surface area contributed by atoms with Crippen molar-refractivity contribution in [1.82, 2.24) is 5.32 Å². The molecule has 17 heavy (non-hydrogen) atoms. The Kier molecular flexibility index (Phi) is 3.64. The third kappa shape index (κ3) is 2.77. The quantitative estimate of drug-likeness (QED) is 0.828. The Hall–Kier alpha value is -1.55. The fraction of sp³-hybridized carbons (Fsp3) is 0.462. The van der Waals surface area contributed by atoms with Gasteiger partial charge in [0.15, 0.2) is 0 Å². The summed E-state index contributed by atoms with van der Waals surface area (Å²) in [5.74, 6) is -0.744. The molecule has 0 aliphatic carbocycles. The molecule has 1 aromatic rings. The van der Waals surface area contributed by atoms with E-state index in [0.29, 0.717) is 0 Å². The fourth-order valence-electron chi connectivity index (χ4n) is 2.39. The number of nitrogens with one attached hydrogen (secondary N) is 1. The number of rotatable bonds is 3. The summed E-state index contributed by atoms with van der Waals surface area (Å²) in [4.78, 5) is 13.1. The minimum Gasteiger partial charge on any atom is -0.481 e. The van der Waals surface area contributed by atoms with Gasteiger partial charge in [-0.1, -0.05) is 18.2 Å². The number of nitrogens with zero attached hydrogens (tertiary/aromatic N) is 1. The summed E-state index contributed by atoms with van der Waals surface area (Å²) in [5.41, 5.74) is 1.10. The lowest BCUT2D eigenvalue weighted by atomic mass is 10.0. The van der Waals surface area contributed by atoms with Gasteiger partial charge in [0.25, 0.3) is 0 Å². The average Bonchev–Trinajstić information content (AvgIpc) is 2.32. The van der Waals surface area contributed by atoms with E-state index >= 15 is 0 Å². The number of para-hydroxylation sites is 1. The van der Waals surface area contributed by atoms with Crippen LogP contribution in [0.1, 0.15) is 13.3 Å². The third-order valence-corrected chi connectivity index (χ3v) is 3.27. The van der Waals surface area contributed by atoms with Crippen molar-refractivity contribution in [2.24, 2.45) is 0 Å². The van der Waals surface area contributed by atoms with Crippen molar-refractivity contribution in [3.05, 3.63) is 30.3 Å². The fourth-order valence-corrected chi connectivity index (χ4v) is 2.39. The van der Waals surface area contributed by atoms with Gasteiger partial charge in [-0.25, -0.2) is 0 Å². The predicted molar refractivity (Wildman–Crippen MR) is 67.3 cm³/mol. The zero-order chi connectivity index (χ0) is 12.3. The van der Waals surface area contributed by atoms with Crippen molar-refractivity contribution in [3.8, 4) is 0 Å². The summed E-state index contributed by atoms with van der Waals surface area (Å²) >= 11 is 0. The molecule has 0 bridgehead atoms. The second-order valence-electron chi connectivity index (χ2n) is 4.44. The number of carboxylic acids is 1. The number of aliphatic carboxylic acids is 1. The minimum absolute atomic E-state index is 0.0173. The lowest BCUT2D eigenvalue weighted by Gasteiger charge is -2.41. The van der Waals surface area contributed by atoms with Gasteiger partial charge in [-0.3, -0.25) is 4.79 Å². The minimum atomic E-state index is -0.744. The number of carboxylic acid groups (broad SMARTS) is 1. The van der Waals surface area contributed by atoms with Crippen molar-refractivity contribution in [2.75, 3.05) is 18.0 Å². The van der Waals surface area contributed by atoms with E-state index in [1.54, 1.807) is 0 Å². The van der Waals surface area contributed by atoms with E-state index in [-0.39, 0.29) is 18.5 Å². The SMILES string of the molecule is C[C@@H]1NCCN(c2ccccc2)[C@@H]1CC(=O)O. The maximum atomic E-state index is 10.9. The summed E-state index contributed by atoms with van der Waals surface area (Å²) in [6.45, 7) is 3.79. The Morgan fingerprint density at radius 3 is 2.82 bits per heavy atom. The second-order valence-corrected chi connectivity index (χ2v) is 4.44. The van der Waals surface area contributed by atoms with Gasteiger partial charge in [-0.05, 0) is 19.1 Å². The smallest absolute Gasteiger partial charge is 0.305 e. The molecule has 1 heterocycles. The number of carbonyl (C=O) groups is 1. The number of anilines is 1. The van der Waals surface area contributed by atoms with E-state index in [4.69, 9.17) is 5.11 Å². The summed E-state index contributed by atoms with van der Waals surface area (Å²) < 4.78 is 0. The van der Waals surface area contributed by atoms with E-state index in [0.717, 1.165) is 18.8 Å². The van der Waals surface area contributed by atoms with Crippen molar-refractivity contribution < 1.29 is 9.90 Å². The highest BCUT2D eigenvalue weighted by atomic mass is 16.4. The molecule has 1 fully saturated rings. The van der Waals surface area contributed by atoms with Gasteiger partial charge < -0.3 is 15.3 Å². The van der Waals surface area contributed by atoms with E-state index in [1.165, 1.54) is 0 Å². The Labute approximate surface area is 101 Å². The molecule has 1 aliphatic heterocycles. The molecule has 92 valence electrons. The standard InChI is InChI=1S/C13H18N2O2/c1-10-12(9-13(16)17)15(8-7-14-10)11-5-3-2-4-6-11/h2-6,10,12,14H,7-9H2,1H3,(H,16,17)/t10-,12+/m0/s1. The van der Waals surface area contributed by atoms with Crippen LogP contribution >= 0.6 is 0 Å². The maximum Gasteiger partial charge on any atom is 0.305 e. The molecule has 0 unspecified atom stereocenters. The Morgan fingerprint density at radius 2 is 2.18 bits per heavy atom. The average molecular weight is 234 g/mol. The van der Waals surface area contributed by atoms with Gasteiger partial charge in [0.1, 0.15) is 0 Å². The molecular formula is C13H18N2O2. The van der Waals surface area contributed by atoms with Crippen molar-refractivity contribution >= 4 is 11.7 Å². The van der Waals surface area contributed by atoms with Gasteiger partial charge >= 0.3 is 5.97 Å². The summed E-state index contributed by atoms with van der Waals surface area (Å²) in [5, 5.41) is 12.3. The van der Waals surface area contributed by atoms with Crippen LogP contribution in [0.25, 0.3) is 0 Å². The van der Waals surface area contributed by atoms with Crippen LogP contribution in [0.15, 0.2) is 30.3 Å². The highest BCUT2D eigenvalue weighted by molar-refractivity contribution is 5.69. The highest BCUT2D eigenvalue weighted by Crippen LogP contribution is 2.22. The number of hydrogen-bond acceptors (Lipinski definition) is 3. The molecule has 2 rings (SSSR count). The first-order valence-corrected chi connectivity index (χ1v) is 5.95. The van der Waals surface area contributed by atoms with Gasteiger partial charge in [-0.15, -0.1) is 0 Å². The van der Waals surface area contributed by atoms with Gasteiger partial charge in [0.2, 0.25) is 0 Å². The van der Waals surface area contributed by atoms with E-state index in [9.17, 15) is 4.79 Å². The second kappa shape index (κ2) is 5.19. The maximum absolute atomic E-state index is 10.9. The first-order chi connectivity index (χ1) is 8.18. The van der Waals surface area contributed by atoms with Crippen molar-refractivity contribution in [1.29, 1.82) is 0 Å². The lowest BCUT2D eigenvalue weighted by molar-refractivity contribution is -0.137. The zero-order valence-corrected chi connectivity index (χ0v) is 9.97. The lowest BCUT2D eigenvalue weighted by Crippen LogP contribution is -2.57. The Bertz CT molecular complexity index is 380. The van der Waals surface area contributed by atoms with Gasteiger partial charge in [0, 0.05) is 24.8 Å². The van der Waals surface area contributed by atoms with Crippen molar-refractivity contribution in [3.63, 3.8) is 0 Å². The topological polar surface area (TPSA) is 52.6 Å². The van der Waals surface area contributed by atoms with Gasteiger partial charge in [0.05, 0.1) is 12.5 Å². The molecule has 2 N–H and O–H groups in total. The van der Waals surface area contributed by atoms with E-state index in [1.807, 2.05) is 37.3 Å². The predicted octanol–water partition coefficient (Wildman–Crippen LogP) is 1.33. The van der Waals surface area contributed by atoms with Crippen LogP contribution < -0.4 is 10.2 Å². The Balaban J connectivity index is 2.20. The summed E-state index contributed by atoms with van der Waals surface area (Å²) in [7, 11) is 0. The van der Waals surface area contributed by atoms with Crippen LogP contribution in [0, 0.1) is 0 Å². The Morgan fingerprint density at radius 1 is 1.47 bits per heavy atom. The van der Waals surface area contributed by atoms with E-state index in [2.05, 4.69) is 10.2 Å². The molecule has 0 amide bonds. The molecule has 0 aromatic heterocycles. The van der Waals surface area contributed by atoms with E-state index < -0.39 is 5.97 Å². The van der Waals surface area contributed by atoms with Crippen LogP contribution in [0.3, 0.4) is 0 Å². The third-order valence-electron chi connectivity index (χ3n) is 3.27. The summed E-state index contributed by atoms with van der Waals surface area (Å²) in [6, 6.07) is 10.2. The molecule has 4 heteroatoms. The first-order valence-electron chi connectivity index (χ1n) is 5.95. The molecule has 4 nitrogen and oxygen atoms in total. The normalized spacial score (nSPS) is 24.6.